The Hall–Kier alpha value is -15.3. The van der Waals surface area contributed by atoms with E-state index in [1.54, 1.807) is 48.5 Å². The number of nitriles is 8. The maximum atomic E-state index is 10.9. The van der Waals surface area contributed by atoms with E-state index in [4.69, 9.17) is 15.0 Å². The minimum atomic E-state index is 0.210. The van der Waals surface area contributed by atoms with Gasteiger partial charge < -0.3 is 18.3 Å². The van der Waals surface area contributed by atoms with Gasteiger partial charge in [-0.2, -0.15) is 42.1 Å². The van der Waals surface area contributed by atoms with E-state index < -0.39 is 0 Å². The molecule has 0 aliphatic carbocycles. The van der Waals surface area contributed by atoms with Crippen molar-refractivity contribution in [3.8, 4) is 116 Å². The second kappa shape index (κ2) is 22.7. The van der Waals surface area contributed by atoms with Crippen LogP contribution in [0.2, 0.25) is 0 Å². The summed E-state index contributed by atoms with van der Waals surface area (Å²) in [6, 6.07) is 93.0. The summed E-state index contributed by atoms with van der Waals surface area (Å²) in [5, 5.41) is 92.4. The van der Waals surface area contributed by atoms with E-state index in [-0.39, 0.29) is 5.82 Å². The summed E-state index contributed by atoms with van der Waals surface area (Å²) in [4.78, 5) is 17.6. The molecule has 0 saturated carbocycles. The Morgan fingerprint density at radius 2 is 0.515 bits per heavy atom. The number of para-hydroxylation sites is 1. The Labute approximate surface area is 577 Å². The molecule has 0 radical (unpaired) electrons. The lowest BCUT2D eigenvalue weighted by Gasteiger charge is -2.30. The summed E-state index contributed by atoms with van der Waals surface area (Å²) in [7, 11) is 0. The van der Waals surface area contributed by atoms with Gasteiger partial charge in [0.25, 0.3) is 0 Å². The molecule has 0 unspecified atom stereocenters. The average molecular weight is 1300 g/mol. The average Bonchev–Trinajstić information content (AvgIpc) is 1.58. The summed E-state index contributed by atoms with van der Waals surface area (Å²) >= 11 is 1.46. The summed E-state index contributed by atoms with van der Waals surface area (Å²) < 4.78 is 9.50. The van der Waals surface area contributed by atoms with Crippen molar-refractivity contribution in [2.45, 2.75) is 0 Å². The molecule has 18 rings (SSSR count). The van der Waals surface area contributed by atoms with Crippen LogP contribution in [-0.4, -0.2) is 33.2 Å². The molecule has 12 aromatic carbocycles. The highest BCUT2D eigenvalue weighted by molar-refractivity contribution is 7.21. The third-order valence-electron chi connectivity index (χ3n) is 19.0. The molecule has 0 fully saturated rings. The number of nitrogens with zero attached hydrogens (tertiary/aromatic N) is 15. The van der Waals surface area contributed by atoms with Crippen molar-refractivity contribution in [2.24, 2.45) is 0 Å². The third-order valence-corrected chi connectivity index (χ3v) is 20.0. The molecule has 16 heteroatoms. The largest absolute Gasteiger partial charge is 0.306 e. The topological polar surface area (TPSA) is 249 Å². The van der Waals surface area contributed by atoms with Crippen molar-refractivity contribution >= 4 is 109 Å². The van der Waals surface area contributed by atoms with Crippen LogP contribution in [0.3, 0.4) is 0 Å². The van der Waals surface area contributed by atoms with Crippen LogP contribution in [0.25, 0.3) is 165 Å². The number of rotatable bonds is 8. The molecule has 0 saturated heterocycles. The number of hydrogen-bond donors (Lipinski definition) is 0. The fourth-order valence-corrected chi connectivity index (χ4v) is 15.7. The van der Waals surface area contributed by atoms with Gasteiger partial charge in [0, 0.05) is 54.2 Å². The quantitative estimate of drug-likeness (QED) is 0.138. The van der Waals surface area contributed by atoms with Crippen molar-refractivity contribution in [3.05, 3.63) is 281 Å². The molecular formula is C85H39N15S. The van der Waals surface area contributed by atoms with Crippen LogP contribution in [0.1, 0.15) is 44.5 Å². The van der Waals surface area contributed by atoms with Crippen molar-refractivity contribution < 1.29 is 0 Å². The first-order valence-electron chi connectivity index (χ1n) is 31.9. The highest BCUT2D eigenvalue weighted by atomic mass is 32.1. The fraction of sp³-hybridized carbons (Fsp3) is 0. The molecule has 6 aromatic heterocycles. The Kier molecular flexibility index (Phi) is 13.1. The smallest absolute Gasteiger partial charge is 0.164 e. The second-order valence-corrected chi connectivity index (χ2v) is 25.4. The zero-order valence-corrected chi connectivity index (χ0v) is 53.4. The van der Waals surface area contributed by atoms with Gasteiger partial charge in [0.2, 0.25) is 0 Å². The van der Waals surface area contributed by atoms with Gasteiger partial charge in [-0.15, -0.1) is 11.3 Å². The highest BCUT2D eigenvalue weighted by Gasteiger charge is 2.38. The van der Waals surface area contributed by atoms with Crippen LogP contribution in [0, 0.1) is 90.6 Å². The van der Waals surface area contributed by atoms with Crippen LogP contribution in [0.5, 0.6) is 0 Å². The van der Waals surface area contributed by atoms with E-state index in [9.17, 15) is 42.1 Å². The lowest BCUT2D eigenvalue weighted by atomic mass is 9.96. The molecule has 460 valence electrons. The zero-order chi connectivity index (χ0) is 68.3. The van der Waals surface area contributed by atoms with Crippen molar-refractivity contribution in [1.82, 2.24) is 33.2 Å². The molecule has 0 bridgehead atoms. The van der Waals surface area contributed by atoms with E-state index in [1.165, 1.54) is 11.3 Å². The van der Waals surface area contributed by atoms with E-state index in [0.29, 0.717) is 188 Å². The number of benzene rings is 12. The van der Waals surface area contributed by atoms with Gasteiger partial charge in [0.1, 0.15) is 5.01 Å². The minimum Gasteiger partial charge on any atom is -0.306 e. The van der Waals surface area contributed by atoms with Gasteiger partial charge in [-0.05, 0) is 164 Å². The van der Waals surface area contributed by atoms with Gasteiger partial charge in [0.05, 0.1) is 193 Å². The van der Waals surface area contributed by atoms with Gasteiger partial charge >= 0.3 is 0 Å². The number of aromatic nitrogens is 7. The molecule has 0 spiro atoms. The van der Waals surface area contributed by atoms with Crippen LogP contribution in [-0.2, 0) is 0 Å². The van der Waals surface area contributed by atoms with Crippen LogP contribution in [0.15, 0.2) is 237 Å². The molecular weight excluding hydrogens is 1260 g/mol. The van der Waals surface area contributed by atoms with Crippen molar-refractivity contribution in [3.63, 3.8) is 0 Å². The van der Waals surface area contributed by atoms with E-state index >= 15 is 0 Å². The Morgan fingerprint density at radius 1 is 0.257 bits per heavy atom. The standard InChI is InChI=1S/C85H39N15S/c86-40-48-15-23-69-58(31-48)59-32-49(41-87)16-24-70(59)97(69)80-78(84-94-67(56-9-3-1-4-10-56)39-68(95-84)57-11-5-2-6-12-57)81(98-71-25-17-50(42-88)33-60(71)61-34-51(43-89)18-26-72(61)98)83(100-75-29-21-54(46-92)37-64(75)65-38-55(47-93)22-30-76(65)100)79(85-96-66-13-7-8-14-77(66)101-85)82(80)99-73-27-19-52(44-90)35-62(73)63-36-53(45-91)20-28-74(63)99/h1-39H. The Bertz CT molecular complexity index is 6430. The molecule has 6 heterocycles. The maximum Gasteiger partial charge on any atom is 0.164 e. The predicted octanol–water partition coefficient (Wildman–Crippen LogP) is 19.1. The first kappa shape index (κ1) is 58.3. The Balaban J connectivity index is 1.25. The van der Waals surface area contributed by atoms with Gasteiger partial charge in [-0.25, -0.2) is 15.0 Å². The van der Waals surface area contributed by atoms with Crippen LogP contribution in [0.4, 0.5) is 0 Å². The van der Waals surface area contributed by atoms with E-state index in [1.807, 2.05) is 188 Å². The molecule has 0 aliphatic rings. The van der Waals surface area contributed by atoms with Gasteiger partial charge in [-0.3, -0.25) is 0 Å². The van der Waals surface area contributed by atoms with E-state index in [0.717, 1.165) is 15.8 Å². The normalized spacial score (nSPS) is 11.3. The highest BCUT2D eigenvalue weighted by Crippen LogP contribution is 2.56. The number of thiazole rings is 1. The van der Waals surface area contributed by atoms with Crippen molar-refractivity contribution in [1.29, 1.82) is 42.1 Å². The number of fused-ring (bicyclic) bond motifs is 13. The monoisotopic (exact) mass is 1300 g/mol. The molecule has 0 N–H and O–H groups in total. The summed E-state index contributed by atoms with van der Waals surface area (Å²) in [5.41, 5.74) is 14.0. The second-order valence-electron chi connectivity index (χ2n) is 24.4. The maximum absolute atomic E-state index is 10.9. The fourth-order valence-electron chi connectivity index (χ4n) is 14.6. The number of hydrogen-bond acceptors (Lipinski definition) is 12. The third kappa shape index (κ3) is 8.87. The van der Waals surface area contributed by atoms with E-state index in [2.05, 4.69) is 66.8 Å². The minimum absolute atomic E-state index is 0.210. The predicted molar refractivity (Wildman–Crippen MR) is 392 cm³/mol. The summed E-state index contributed by atoms with van der Waals surface area (Å²) in [6.07, 6.45) is 0. The Morgan fingerprint density at radius 3 is 0.782 bits per heavy atom. The molecule has 15 nitrogen and oxygen atoms in total. The first-order valence-corrected chi connectivity index (χ1v) is 32.7. The van der Waals surface area contributed by atoms with Gasteiger partial charge in [0.15, 0.2) is 5.82 Å². The lowest BCUT2D eigenvalue weighted by molar-refractivity contribution is 1.03. The lowest BCUT2D eigenvalue weighted by Crippen LogP contribution is -2.17. The van der Waals surface area contributed by atoms with Crippen molar-refractivity contribution in [2.75, 3.05) is 0 Å². The summed E-state index contributed by atoms with van der Waals surface area (Å²) in [6.45, 7) is 0. The van der Waals surface area contributed by atoms with Gasteiger partial charge in [-0.1, -0.05) is 72.8 Å². The SMILES string of the molecule is N#Cc1ccc2c(c1)c1cc(C#N)ccc1n2-c1c(-c2nc(-c3ccccc3)cc(-c3ccccc3)n2)c(-n2c3ccc(C#N)cc3c3cc(C#N)ccc32)c(-n2c3ccc(C#N)cc3c3cc(C#N)ccc32)c(-c2nc3ccccc3s2)c1-n1c2ccc(C#N)cc2c2cc(C#N)ccc21. The van der Waals surface area contributed by atoms with Crippen LogP contribution >= 0.6 is 11.3 Å². The molecule has 0 aliphatic heterocycles. The molecule has 0 amide bonds. The van der Waals surface area contributed by atoms with Crippen LogP contribution < -0.4 is 0 Å². The molecule has 101 heavy (non-hydrogen) atoms. The molecule has 18 aromatic rings. The molecule has 0 atom stereocenters. The zero-order valence-electron chi connectivity index (χ0n) is 52.6. The first-order chi connectivity index (χ1) is 49.7. The summed E-state index contributed by atoms with van der Waals surface area (Å²) in [5.74, 6) is 0.210.